The van der Waals surface area contributed by atoms with E-state index in [-0.39, 0.29) is 29.9 Å². The fourth-order valence-electron chi connectivity index (χ4n) is 2.36. The Morgan fingerprint density at radius 2 is 1.88 bits per heavy atom. The van der Waals surface area contributed by atoms with Crippen molar-refractivity contribution in [3.63, 3.8) is 0 Å². The zero-order chi connectivity index (χ0) is 18.6. The van der Waals surface area contributed by atoms with Gasteiger partial charge < -0.3 is 15.8 Å². The smallest absolute Gasteiger partial charge is 0.258 e. The minimum Gasteiger partial charge on any atom is -0.483 e. The van der Waals surface area contributed by atoms with Gasteiger partial charge in [0.05, 0.1) is 11.6 Å². The third-order valence-electron chi connectivity index (χ3n) is 3.97. The summed E-state index contributed by atoms with van der Waals surface area (Å²) in [5.41, 5.74) is 8.82. The first kappa shape index (κ1) is 18.8. The van der Waals surface area contributed by atoms with Crippen LogP contribution in [0.25, 0.3) is 0 Å². The van der Waals surface area contributed by atoms with Crippen LogP contribution in [-0.2, 0) is 4.79 Å². The average molecular weight is 361 g/mol. The summed E-state index contributed by atoms with van der Waals surface area (Å²) in [6.07, 6.45) is 0. The molecule has 5 nitrogen and oxygen atoms in total. The lowest BCUT2D eigenvalue weighted by Gasteiger charge is -2.16. The number of amides is 2. The van der Waals surface area contributed by atoms with Gasteiger partial charge in [0.2, 0.25) is 0 Å². The van der Waals surface area contributed by atoms with Crippen molar-refractivity contribution in [3.05, 3.63) is 63.7 Å². The molecular formula is C19H21ClN2O3. The van der Waals surface area contributed by atoms with Crippen LogP contribution in [-0.4, -0.2) is 18.4 Å². The van der Waals surface area contributed by atoms with Crippen LogP contribution in [0.15, 0.2) is 36.4 Å². The van der Waals surface area contributed by atoms with E-state index in [1.54, 1.807) is 6.07 Å². The molecule has 6 heteroatoms. The van der Waals surface area contributed by atoms with Crippen LogP contribution < -0.4 is 15.8 Å². The number of hydrogen-bond donors (Lipinski definition) is 2. The highest BCUT2D eigenvalue weighted by atomic mass is 35.5. The fourth-order valence-corrected chi connectivity index (χ4v) is 2.54. The predicted molar refractivity (Wildman–Crippen MR) is 97.9 cm³/mol. The number of benzene rings is 2. The zero-order valence-corrected chi connectivity index (χ0v) is 15.2. The minimum atomic E-state index is -0.665. The molecule has 25 heavy (non-hydrogen) atoms. The lowest BCUT2D eigenvalue weighted by Crippen LogP contribution is -2.31. The highest BCUT2D eigenvalue weighted by Gasteiger charge is 2.14. The van der Waals surface area contributed by atoms with Gasteiger partial charge in [-0.05, 0) is 55.7 Å². The van der Waals surface area contributed by atoms with Gasteiger partial charge in [0.15, 0.2) is 6.61 Å². The van der Waals surface area contributed by atoms with Gasteiger partial charge in [0.1, 0.15) is 5.75 Å². The summed E-state index contributed by atoms with van der Waals surface area (Å²) in [6, 6.07) is 10.4. The number of nitrogens with one attached hydrogen (secondary N) is 1. The normalized spacial score (nSPS) is 11.7. The Morgan fingerprint density at radius 3 is 2.52 bits per heavy atom. The highest BCUT2D eigenvalue weighted by Crippen LogP contribution is 2.22. The average Bonchev–Trinajstić information content (AvgIpc) is 2.55. The number of ether oxygens (including phenoxy) is 1. The van der Waals surface area contributed by atoms with E-state index in [1.807, 2.05) is 39.0 Å². The van der Waals surface area contributed by atoms with Crippen molar-refractivity contribution in [2.45, 2.75) is 26.8 Å². The molecule has 0 aliphatic carbocycles. The predicted octanol–water partition coefficient (Wildman–Crippen LogP) is 3.31. The SMILES string of the molecule is Cc1ccc([C@H](C)NC(=O)COc2ccc(Cl)cc2C(N)=O)cc1C. The van der Waals surface area contributed by atoms with Gasteiger partial charge >= 0.3 is 0 Å². The second-order valence-electron chi connectivity index (χ2n) is 5.93. The van der Waals surface area contributed by atoms with Crippen LogP contribution in [0.3, 0.4) is 0 Å². The van der Waals surface area contributed by atoms with Gasteiger partial charge in [0.25, 0.3) is 11.8 Å². The summed E-state index contributed by atoms with van der Waals surface area (Å²) in [7, 11) is 0. The number of primary amides is 1. The second kappa shape index (κ2) is 8.03. The third-order valence-corrected chi connectivity index (χ3v) is 4.21. The van der Waals surface area contributed by atoms with E-state index in [0.717, 1.165) is 5.56 Å². The maximum atomic E-state index is 12.1. The van der Waals surface area contributed by atoms with Crippen LogP contribution >= 0.6 is 11.6 Å². The summed E-state index contributed by atoms with van der Waals surface area (Å²) in [5, 5.41) is 3.24. The van der Waals surface area contributed by atoms with Gasteiger partial charge in [-0.1, -0.05) is 29.8 Å². The molecule has 132 valence electrons. The molecule has 2 aromatic rings. The van der Waals surface area contributed by atoms with Gasteiger partial charge in [-0.3, -0.25) is 9.59 Å². The molecule has 0 radical (unpaired) electrons. The van der Waals surface area contributed by atoms with E-state index >= 15 is 0 Å². The Balaban J connectivity index is 1.99. The highest BCUT2D eigenvalue weighted by molar-refractivity contribution is 6.31. The molecule has 3 N–H and O–H groups in total. The molecule has 0 spiro atoms. The van der Waals surface area contributed by atoms with E-state index in [4.69, 9.17) is 22.1 Å². The van der Waals surface area contributed by atoms with Crippen molar-refractivity contribution in [1.82, 2.24) is 5.32 Å². The molecule has 2 amide bonds. The van der Waals surface area contributed by atoms with Crippen LogP contribution in [0, 0.1) is 13.8 Å². The summed E-state index contributed by atoms with van der Waals surface area (Å²) in [6.45, 7) is 5.75. The third kappa shape index (κ3) is 4.97. The Labute approximate surface area is 152 Å². The maximum Gasteiger partial charge on any atom is 0.258 e. The molecule has 0 fully saturated rings. The molecule has 0 aliphatic heterocycles. The molecule has 2 aromatic carbocycles. The number of nitrogens with two attached hydrogens (primary N) is 1. The molecule has 0 saturated carbocycles. The van der Waals surface area contributed by atoms with Crippen LogP contribution in [0.2, 0.25) is 5.02 Å². The van der Waals surface area contributed by atoms with Crippen molar-refractivity contribution < 1.29 is 14.3 Å². The van der Waals surface area contributed by atoms with Gasteiger partial charge in [-0.15, -0.1) is 0 Å². The number of carbonyl (C=O) groups excluding carboxylic acids is 2. The number of hydrogen-bond acceptors (Lipinski definition) is 3. The molecule has 0 bridgehead atoms. The van der Waals surface area contributed by atoms with Crippen molar-refractivity contribution >= 4 is 23.4 Å². The van der Waals surface area contributed by atoms with Crippen molar-refractivity contribution in [2.24, 2.45) is 5.73 Å². The van der Waals surface area contributed by atoms with Crippen molar-refractivity contribution in [2.75, 3.05) is 6.61 Å². The Hall–Kier alpha value is -2.53. The standard InChI is InChI=1S/C19H21ClN2O3/c1-11-4-5-14(8-12(11)2)13(3)22-18(23)10-25-17-7-6-15(20)9-16(17)19(21)24/h4-9,13H,10H2,1-3H3,(H2,21,24)(H,22,23)/t13-/m0/s1. The molecule has 0 unspecified atom stereocenters. The summed E-state index contributed by atoms with van der Waals surface area (Å²) in [5.74, 6) is -0.733. The van der Waals surface area contributed by atoms with E-state index in [2.05, 4.69) is 5.32 Å². The Kier molecular flexibility index (Phi) is 6.04. The number of rotatable bonds is 6. The van der Waals surface area contributed by atoms with Crippen LogP contribution in [0.1, 0.15) is 40.0 Å². The second-order valence-corrected chi connectivity index (χ2v) is 6.36. The number of halogens is 1. The molecule has 2 rings (SSSR count). The fraction of sp³-hybridized carbons (Fsp3) is 0.263. The first-order valence-corrected chi connectivity index (χ1v) is 8.24. The summed E-state index contributed by atoms with van der Waals surface area (Å²) >= 11 is 5.84. The zero-order valence-electron chi connectivity index (χ0n) is 14.4. The van der Waals surface area contributed by atoms with Crippen LogP contribution in [0.4, 0.5) is 0 Å². The minimum absolute atomic E-state index is 0.141. The van der Waals surface area contributed by atoms with Crippen molar-refractivity contribution in [1.29, 1.82) is 0 Å². The molecule has 1 atom stereocenters. The van der Waals surface area contributed by atoms with E-state index < -0.39 is 5.91 Å². The maximum absolute atomic E-state index is 12.1. The van der Waals surface area contributed by atoms with Crippen molar-refractivity contribution in [3.8, 4) is 5.75 Å². The Bertz CT molecular complexity index is 805. The van der Waals surface area contributed by atoms with E-state index in [9.17, 15) is 9.59 Å². The van der Waals surface area contributed by atoms with Gasteiger partial charge in [-0.2, -0.15) is 0 Å². The first-order chi connectivity index (χ1) is 11.8. The van der Waals surface area contributed by atoms with Gasteiger partial charge in [0, 0.05) is 5.02 Å². The summed E-state index contributed by atoms with van der Waals surface area (Å²) < 4.78 is 5.42. The topological polar surface area (TPSA) is 81.4 Å². The number of aryl methyl sites for hydroxylation is 2. The molecule has 0 saturated heterocycles. The van der Waals surface area contributed by atoms with E-state index in [0.29, 0.717) is 5.02 Å². The molecular weight excluding hydrogens is 340 g/mol. The van der Waals surface area contributed by atoms with Crippen LogP contribution in [0.5, 0.6) is 5.75 Å². The molecule has 0 heterocycles. The number of carbonyl (C=O) groups is 2. The quantitative estimate of drug-likeness (QED) is 0.829. The summed E-state index contributed by atoms with van der Waals surface area (Å²) in [4.78, 5) is 23.5. The Morgan fingerprint density at radius 1 is 1.16 bits per heavy atom. The lowest BCUT2D eigenvalue weighted by molar-refractivity contribution is -0.123. The lowest BCUT2D eigenvalue weighted by atomic mass is 10.0. The molecule has 0 aromatic heterocycles. The van der Waals surface area contributed by atoms with Gasteiger partial charge in [-0.25, -0.2) is 0 Å². The largest absolute Gasteiger partial charge is 0.483 e. The molecule has 0 aliphatic rings. The monoisotopic (exact) mass is 360 g/mol. The van der Waals surface area contributed by atoms with E-state index in [1.165, 1.54) is 23.3 Å². The first-order valence-electron chi connectivity index (χ1n) is 7.86.